The van der Waals surface area contributed by atoms with Crippen molar-refractivity contribution in [2.75, 3.05) is 52.4 Å². The molecule has 7 heteroatoms. The molecular weight excluding hydrogens is 419 g/mol. The zero-order valence-electron chi connectivity index (χ0n) is 19.9. The van der Waals surface area contributed by atoms with Crippen LogP contribution in [0.1, 0.15) is 40.2 Å². The number of hydrogen-bond donors (Lipinski definition) is 0. The number of carbonyl (C=O) groups excluding carboxylic acids is 2. The summed E-state index contributed by atoms with van der Waals surface area (Å²) < 4.78 is 15.3. The number of halogens is 1. The summed E-state index contributed by atoms with van der Waals surface area (Å²) in [6, 6.07) is 8.60. The van der Waals surface area contributed by atoms with Gasteiger partial charge in [0.05, 0.1) is 13.1 Å². The Morgan fingerprint density at radius 3 is 2.12 bits per heavy atom. The third-order valence-corrected chi connectivity index (χ3v) is 7.06. The molecule has 1 aromatic carbocycles. The van der Waals surface area contributed by atoms with Crippen molar-refractivity contribution in [2.45, 2.75) is 39.7 Å². The molecule has 3 heterocycles. The molecule has 0 aliphatic carbocycles. The average molecular weight is 455 g/mol. The molecule has 0 radical (unpaired) electrons. The lowest BCUT2D eigenvalue weighted by Crippen LogP contribution is -2.50. The topological polar surface area (TPSA) is 48.8 Å². The van der Waals surface area contributed by atoms with Gasteiger partial charge in [-0.1, -0.05) is 12.1 Å². The van der Waals surface area contributed by atoms with Gasteiger partial charge in [-0.2, -0.15) is 0 Å². The number of likely N-dealkylation sites (tertiary alicyclic amines) is 1. The van der Waals surface area contributed by atoms with Crippen molar-refractivity contribution in [1.29, 1.82) is 0 Å². The van der Waals surface area contributed by atoms with Crippen molar-refractivity contribution >= 4 is 11.7 Å². The van der Waals surface area contributed by atoms with Gasteiger partial charge in [0.25, 0.3) is 0 Å². The van der Waals surface area contributed by atoms with E-state index in [4.69, 9.17) is 0 Å². The lowest BCUT2D eigenvalue weighted by Gasteiger charge is -2.34. The van der Waals surface area contributed by atoms with Crippen LogP contribution in [0.25, 0.3) is 0 Å². The van der Waals surface area contributed by atoms with E-state index in [1.54, 1.807) is 0 Å². The van der Waals surface area contributed by atoms with E-state index in [2.05, 4.69) is 14.4 Å². The number of rotatable bonds is 8. The first-order chi connectivity index (χ1) is 15.9. The van der Waals surface area contributed by atoms with Gasteiger partial charge in [-0.25, -0.2) is 4.39 Å². The number of amides is 1. The third kappa shape index (κ3) is 5.89. The minimum absolute atomic E-state index is 0.151. The van der Waals surface area contributed by atoms with Crippen molar-refractivity contribution in [2.24, 2.45) is 0 Å². The molecular formula is C26H35FN4O2. The van der Waals surface area contributed by atoms with Crippen LogP contribution in [-0.4, -0.2) is 83.3 Å². The first-order valence-electron chi connectivity index (χ1n) is 12.1. The van der Waals surface area contributed by atoms with E-state index in [9.17, 15) is 14.0 Å². The standard InChI is InChI=1S/C26H35FN4O2/c1-20-17-24(21(2)31(20)12-9-22-5-7-23(27)8-6-22)25(32)18-28-13-15-29(16-14-28)19-26(33)30-10-3-4-11-30/h5-8,17H,3-4,9-16,18-19H2,1-2H3. The molecule has 0 atom stereocenters. The van der Waals surface area contributed by atoms with E-state index in [0.29, 0.717) is 13.1 Å². The largest absolute Gasteiger partial charge is 0.348 e. The molecule has 2 saturated heterocycles. The Kier molecular flexibility index (Phi) is 7.60. The Bertz CT molecular complexity index is 971. The van der Waals surface area contributed by atoms with E-state index in [1.807, 2.05) is 36.9 Å². The predicted octanol–water partition coefficient (Wildman–Crippen LogP) is 2.91. The van der Waals surface area contributed by atoms with Gasteiger partial charge in [0.1, 0.15) is 5.82 Å². The quantitative estimate of drug-likeness (QED) is 0.576. The fourth-order valence-electron chi connectivity index (χ4n) is 4.97. The minimum atomic E-state index is -0.223. The third-order valence-electron chi connectivity index (χ3n) is 7.06. The second-order valence-corrected chi connectivity index (χ2v) is 9.38. The van der Waals surface area contributed by atoms with Crippen LogP contribution in [0, 0.1) is 19.7 Å². The van der Waals surface area contributed by atoms with Crippen molar-refractivity contribution in [3.63, 3.8) is 0 Å². The Morgan fingerprint density at radius 2 is 1.48 bits per heavy atom. The molecule has 1 aromatic heterocycles. The molecule has 4 rings (SSSR count). The molecule has 2 aromatic rings. The first kappa shape index (κ1) is 23.6. The van der Waals surface area contributed by atoms with Crippen LogP contribution in [0.2, 0.25) is 0 Å². The monoisotopic (exact) mass is 454 g/mol. The molecule has 2 fully saturated rings. The molecule has 0 unspecified atom stereocenters. The molecule has 2 aliphatic heterocycles. The number of benzene rings is 1. The van der Waals surface area contributed by atoms with Crippen LogP contribution in [0.4, 0.5) is 4.39 Å². The van der Waals surface area contributed by atoms with Gasteiger partial charge in [-0.3, -0.25) is 19.4 Å². The normalized spacial score (nSPS) is 17.6. The van der Waals surface area contributed by atoms with E-state index in [0.717, 1.165) is 87.6 Å². The number of piperazine rings is 1. The summed E-state index contributed by atoms with van der Waals surface area (Å²) in [5.41, 5.74) is 3.94. The summed E-state index contributed by atoms with van der Waals surface area (Å²) in [5.74, 6) is 0.168. The lowest BCUT2D eigenvalue weighted by molar-refractivity contribution is -0.131. The van der Waals surface area contributed by atoms with Crippen LogP contribution in [0.15, 0.2) is 30.3 Å². The average Bonchev–Trinajstić information content (AvgIpc) is 3.44. The van der Waals surface area contributed by atoms with E-state index in [-0.39, 0.29) is 17.5 Å². The van der Waals surface area contributed by atoms with E-state index in [1.165, 1.54) is 12.1 Å². The fraction of sp³-hybridized carbons (Fsp3) is 0.538. The summed E-state index contributed by atoms with van der Waals surface area (Å²) in [6.07, 6.45) is 3.03. The van der Waals surface area contributed by atoms with Gasteiger partial charge in [-0.05, 0) is 56.9 Å². The van der Waals surface area contributed by atoms with Gasteiger partial charge < -0.3 is 9.47 Å². The highest BCUT2D eigenvalue weighted by molar-refractivity contribution is 5.99. The number of Topliss-reactive ketones (excluding diaryl/α,β-unsaturated/α-hetero) is 1. The van der Waals surface area contributed by atoms with Gasteiger partial charge in [0.15, 0.2) is 5.78 Å². The molecule has 0 N–H and O–H groups in total. The maximum atomic E-state index is 13.1. The maximum Gasteiger partial charge on any atom is 0.236 e. The number of aryl methyl sites for hydroxylation is 2. The van der Waals surface area contributed by atoms with Gasteiger partial charge in [-0.15, -0.1) is 0 Å². The Balaban J connectivity index is 1.27. The van der Waals surface area contributed by atoms with Crippen molar-refractivity contribution < 1.29 is 14.0 Å². The summed E-state index contributed by atoms with van der Waals surface area (Å²) in [6.45, 7) is 10.8. The number of hydrogen-bond acceptors (Lipinski definition) is 4. The highest BCUT2D eigenvalue weighted by Crippen LogP contribution is 2.18. The lowest BCUT2D eigenvalue weighted by atomic mass is 10.1. The van der Waals surface area contributed by atoms with Crippen molar-refractivity contribution in [1.82, 2.24) is 19.3 Å². The zero-order chi connectivity index (χ0) is 23.4. The molecule has 1 amide bonds. The summed E-state index contributed by atoms with van der Waals surface area (Å²) in [7, 11) is 0. The predicted molar refractivity (Wildman–Crippen MR) is 127 cm³/mol. The zero-order valence-corrected chi connectivity index (χ0v) is 19.9. The second kappa shape index (κ2) is 10.6. The van der Waals surface area contributed by atoms with Crippen LogP contribution >= 0.6 is 0 Å². The van der Waals surface area contributed by atoms with Crippen molar-refractivity contribution in [3.8, 4) is 0 Å². The molecule has 178 valence electrons. The summed E-state index contributed by atoms with van der Waals surface area (Å²) in [4.78, 5) is 31.8. The van der Waals surface area contributed by atoms with Crippen LogP contribution in [0.5, 0.6) is 0 Å². The maximum absolute atomic E-state index is 13.1. The SMILES string of the molecule is Cc1cc(C(=O)CN2CCN(CC(=O)N3CCCC3)CC2)c(C)n1CCc1ccc(F)cc1. The molecule has 0 spiro atoms. The molecule has 0 saturated carbocycles. The number of carbonyl (C=O) groups is 2. The van der Waals surface area contributed by atoms with Crippen LogP contribution in [-0.2, 0) is 17.8 Å². The molecule has 2 aliphatic rings. The highest BCUT2D eigenvalue weighted by Gasteiger charge is 2.25. The number of aromatic nitrogens is 1. The van der Waals surface area contributed by atoms with E-state index < -0.39 is 0 Å². The second-order valence-electron chi connectivity index (χ2n) is 9.38. The molecule has 33 heavy (non-hydrogen) atoms. The first-order valence-corrected chi connectivity index (χ1v) is 12.1. The smallest absolute Gasteiger partial charge is 0.236 e. The summed E-state index contributed by atoms with van der Waals surface area (Å²) >= 11 is 0. The van der Waals surface area contributed by atoms with Crippen LogP contribution < -0.4 is 0 Å². The van der Waals surface area contributed by atoms with Gasteiger partial charge in [0, 0.05) is 62.8 Å². The highest BCUT2D eigenvalue weighted by atomic mass is 19.1. The van der Waals surface area contributed by atoms with Crippen LogP contribution in [0.3, 0.4) is 0 Å². The Morgan fingerprint density at radius 1 is 0.879 bits per heavy atom. The summed E-state index contributed by atoms with van der Waals surface area (Å²) in [5, 5.41) is 0. The Labute approximate surface area is 196 Å². The fourth-order valence-corrected chi connectivity index (χ4v) is 4.97. The van der Waals surface area contributed by atoms with E-state index >= 15 is 0 Å². The number of ketones is 1. The Hall–Kier alpha value is -2.51. The van der Waals surface area contributed by atoms with Gasteiger partial charge >= 0.3 is 0 Å². The van der Waals surface area contributed by atoms with Gasteiger partial charge in [0.2, 0.25) is 5.91 Å². The number of nitrogens with zero attached hydrogens (tertiary/aromatic N) is 4. The minimum Gasteiger partial charge on any atom is -0.348 e. The molecule has 0 bridgehead atoms. The molecule has 6 nitrogen and oxygen atoms in total. The van der Waals surface area contributed by atoms with Crippen molar-refractivity contribution in [3.05, 3.63) is 58.7 Å².